The molecule has 1 aliphatic rings. The summed E-state index contributed by atoms with van der Waals surface area (Å²) in [6.45, 7) is 7.47. The van der Waals surface area contributed by atoms with Crippen LogP contribution in [0.15, 0.2) is 0 Å². The van der Waals surface area contributed by atoms with Crippen LogP contribution in [-0.4, -0.2) is 30.2 Å². The average Bonchev–Trinajstić information content (AvgIpc) is 2.80. The monoisotopic (exact) mass is 298 g/mol. The SMILES string of the molecule is CC(C)C[C@H](CNC(=O)NCC1(C)CCCC1)CC(=O)O. The van der Waals surface area contributed by atoms with E-state index in [1.807, 2.05) is 0 Å². The molecule has 2 amide bonds. The lowest BCUT2D eigenvalue weighted by atomic mass is 9.89. The van der Waals surface area contributed by atoms with E-state index in [2.05, 4.69) is 31.4 Å². The third-order valence-corrected chi connectivity index (χ3v) is 4.31. The third kappa shape index (κ3) is 7.34. The van der Waals surface area contributed by atoms with Gasteiger partial charge in [0, 0.05) is 19.5 Å². The first kappa shape index (κ1) is 17.8. The normalized spacial score (nSPS) is 18.5. The molecule has 0 aromatic carbocycles. The summed E-state index contributed by atoms with van der Waals surface area (Å²) in [4.78, 5) is 22.7. The second-order valence-electron chi connectivity index (χ2n) is 7.17. The molecule has 1 rings (SSSR count). The smallest absolute Gasteiger partial charge is 0.314 e. The van der Waals surface area contributed by atoms with Crippen molar-refractivity contribution in [2.75, 3.05) is 13.1 Å². The lowest BCUT2D eigenvalue weighted by Gasteiger charge is -2.24. The Morgan fingerprint density at radius 1 is 1.19 bits per heavy atom. The van der Waals surface area contributed by atoms with Gasteiger partial charge in [0.25, 0.3) is 0 Å². The fourth-order valence-corrected chi connectivity index (χ4v) is 3.15. The van der Waals surface area contributed by atoms with Crippen molar-refractivity contribution in [3.8, 4) is 0 Å². The molecular weight excluding hydrogens is 268 g/mol. The van der Waals surface area contributed by atoms with Gasteiger partial charge in [-0.2, -0.15) is 0 Å². The van der Waals surface area contributed by atoms with Gasteiger partial charge >= 0.3 is 12.0 Å². The maximum atomic E-state index is 11.8. The molecule has 122 valence electrons. The van der Waals surface area contributed by atoms with Crippen LogP contribution in [0.1, 0.15) is 59.3 Å². The van der Waals surface area contributed by atoms with Crippen molar-refractivity contribution in [3.63, 3.8) is 0 Å². The summed E-state index contributed by atoms with van der Waals surface area (Å²) in [5.41, 5.74) is 0.232. The second kappa shape index (κ2) is 8.25. The van der Waals surface area contributed by atoms with Crippen molar-refractivity contribution < 1.29 is 14.7 Å². The number of carboxylic acid groups (broad SMARTS) is 1. The van der Waals surface area contributed by atoms with Crippen LogP contribution in [0.5, 0.6) is 0 Å². The van der Waals surface area contributed by atoms with Crippen LogP contribution in [0.25, 0.3) is 0 Å². The van der Waals surface area contributed by atoms with E-state index in [9.17, 15) is 9.59 Å². The Balaban J connectivity index is 2.29. The molecule has 0 saturated heterocycles. The maximum absolute atomic E-state index is 11.8. The van der Waals surface area contributed by atoms with E-state index in [0.29, 0.717) is 19.0 Å². The summed E-state index contributed by atoms with van der Waals surface area (Å²) < 4.78 is 0. The van der Waals surface area contributed by atoms with Crippen LogP contribution in [0.4, 0.5) is 4.79 Å². The molecule has 0 aliphatic heterocycles. The van der Waals surface area contributed by atoms with Crippen LogP contribution in [0.3, 0.4) is 0 Å². The Hall–Kier alpha value is -1.26. The molecule has 1 atom stereocenters. The van der Waals surface area contributed by atoms with Crippen molar-refractivity contribution in [3.05, 3.63) is 0 Å². The lowest BCUT2D eigenvalue weighted by Crippen LogP contribution is -2.42. The minimum atomic E-state index is -0.804. The highest BCUT2D eigenvalue weighted by molar-refractivity contribution is 5.74. The first-order valence-electron chi connectivity index (χ1n) is 8.04. The molecule has 0 bridgehead atoms. The van der Waals surface area contributed by atoms with E-state index in [1.165, 1.54) is 25.7 Å². The van der Waals surface area contributed by atoms with Crippen LogP contribution in [0.2, 0.25) is 0 Å². The van der Waals surface area contributed by atoms with E-state index < -0.39 is 5.97 Å². The zero-order chi connectivity index (χ0) is 15.9. The number of urea groups is 1. The first-order chi connectivity index (χ1) is 9.81. The second-order valence-corrected chi connectivity index (χ2v) is 7.17. The number of hydrogen-bond acceptors (Lipinski definition) is 2. The Bertz CT molecular complexity index is 349. The van der Waals surface area contributed by atoms with Gasteiger partial charge in [-0.1, -0.05) is 33.6 Å². The van der Waals surface area contributed by atoms with Gasteiger partial charge in [0.2, 0.25) is 0 Å². The number of carboxylic acids is 1. The summed E-state index contributed by atoms with van der Waals surface area (Å²) in [5, 5.41) is 14.7. The average molecular weight is 298 g/mol. The molecule has 21 heavy (non-hydrogen) atoms. The van der Waals surface area contributed by atoms with E-state index in [4.69, 9.17) is 5.11 Å². The Morgan fingerprint density at radius 2 is 1.81 bits per heavy atom. The summed E-state index contributed by atoms with van der Waals surface area (Å²) in [6, 6.07) is -0.178. The standard InChI is InChI=1S/C16H30N2O3/c1-12(2)8-13(9-14(19)20)10-17-15(21)18-11-16(3)6-4-5-7-16/h12-13H,4-11H2,1-3H3,(H,19,20)(H2,17,18,21)/t13-/m0/s1. The number of aliphatic carboxylic acids is 1. The summed E-state index contributed by atoms with van der Waals surface area (Å²) in [5.74, 6) is -0.381. The number of hydrogen-bond donors (Lipinski definition) is 3. The molecule has 0 radical (unpaired) electrons. The predicted molar refractivity (Wildman–Crippen MR) is 83.2 cm³/mol. The number of rotatable bonds is 8. The van der Waals surface area contributed by atoms with Gasteiger partial charge in [-0.25, -0.2) is 4.79 Å². The summed E-state index contributed by atoms with van der Waals surface area (Å²) in [7, 11) is 0. The van der Waals surface area contributed by atoms with E-state index in [-0.39, 0.29) is 23.8 Å². The Labute approximate surface area is 127 Å². The highest BCUT2D eigenvalue weighted by atomic mass is 16.4. The van der Waals surface area contributed by atoms with Crippen molar-refractivity contribution in [1.29, 1.82) is 0 Å². The fourth-order valence-electron chi connectivity index (χ4n) is 3.15. The van der Waals surface area contributed by atoms with Crippen LogP contribution < -0.4 is 10.6 Å². The van der Waals surface area contributed by atoms with Gasteiger partial charge in [0.1, 0.15) is 0 Å². The van der Waals surface area contributed by atoms with Gasteiger partial charge in [0.05, 0.1) is 0 Å². The number of amides is 2. The maximum Gasteiger partial charge on any atom is 0.314 e. The molecule has 0 spiro atoms. The van der Waals surface area contributed by atoms with Crippen molar-refractivity contribution in [2.45, 2.75) is 59.3 Å². The minimum absolute atomic E-state index is 0.00434. The van der Waals surface area contributed by atoms with Crippen molar-refractivity contribution in [1.82, 2.24) is 10.6 Å². The molecule has 5 nitrogen and oxygen atoms in total. The molecule has 1 saturated carbocycles. The molecule has 5 heteroatoms. The van der Waals surface area contributed by atoms with Gasteiger partial charge in [-0.05, 0) is 36.5 Å². The van der Waals surface area contributed by atoms with E-state index in [0.717, 1.165) is 6.42 Å². The molecular formula is C16H30N2O3. The quantitative estimate of drug-likeness (QED) is 0.644. The largest absolute Gasteiger partial charge is 0.481 e. The van der Waals surface area contributed by atoms with Gasteiger partial charge in [-0.3, -0.25) is 4.79 Å². The topological polar surface area (TPSA) is 78.4 Å². The number of carbonyl (C=O) groups is 2. The van der Waals surface area contributed by atoms with Crippen LogP contribution >= 0.6 is 0 Å². The van der Waals surface area contributed by atoms with Gasteiger partial charge in [-0.15, -0.1) is 0 Å². The zero-order valence-corrected chi connectivity index (χ0v) is 13.6. The van der Waals surface area contributed by atoms with Crippen molar-refractivity contribution >= 4 is 12.0 Å². The predicted octanol–water partition coefficient (Wildman–Crippen LogP) is 3.00. The van der Waals surface area contributed by atoms with Gasteiger partial charge in [0.15, 0.2) is 0 Å². The molecule has 0 heterocycles. The highest BCUT2D eigenvalue weighted by Gasteiger charge is 2.28. The van der Waals surface area contributed by atoms with E-state index >= 15 is 0 Å². The molecule has 0 aromatic heterocycles. The molecule has 3 N–H and O–H groups in total. The molecule has 0 aromatic rings. The minimum Gasteiger partial charge on any atom is -0.481 e. The molecule has 1 aliphatic carbocycles. The molecule has 0 unspecified atom stereocenters. The van der Waals surface area contributed by atoms with Crippen LogP contribution in [0, 0.1) is 17.3 Å². The summed E-state index contributed by atoms with van der Waals surface area (Å²) in [6.07, 6.45) is 5.74. The number of nitrogens with one attached hydrogen (secondary N) is 2. The summed E-state index contributed by atoms with van der Waals surface area (Å²) >= 11 is 0. The Kier molecular flexibility index (Phi) is 6.99. The molecule has 1 fully saturated rings. The zero-order valence-electron chi connectivity index (χ0n) is 13.6. The highest BCUT2D eigenvalue weighted by Crippen LogP contribution is 2.36. The van der Waals surface area contributed by atoms with E-state index in [1.54, 1.807) is 0 Å². The lowest BCUT2D eigenvalue weighted by molar-refractivity contribution is -0.138. The number of carbonyl (C=O) groups excluding carboxylic acids is 1. The Morgan fingerprint density at radius 3 is 2.33 bits per heavy atom. The third-order valence-electron chi connectivity index (χ3n) is 4.31. The van der Waals surface area contributed by atoms with Crippen LogP contribution in [-0.2, 0) is 4.79 Å². The van der Waals surface area contributed by atoms with Gasteiger partial charge < -0.3 is 15.7 Å². The first-order valence-corrected chi connectivity index (χ1v) is 8.04. The van der Waals surface area contributed by atoms with Crippen molar-refractivity contribution in [2.24, 2.45) is 17.3 Å². The fraction of sp³-hybridized carbons (Fsp3) is 0.875.